The van der Waals surface area contributed by atoms with Gasteiger partial charge in [-0.05, 0) is 36.8 Å². The number of alkyl halides is 2. The number of nitrogens with one attached hydrogen (secondary N) is 2. The topological polar surface area (TPSA) is 99.7 Å². The number of halogens is 2. The van der Waals surface area contributed by atoms with Crippen molar-refractivity contribution in [3.63, 3.8) is 0 Å². The highest BCUT2D eigenvalue weighted by Crippen LogP contribution is 2.42. The van der Waals surface area contributed by atoms with E-state index in [1.165, 1.54) is 12.1 Å². The molecule has 1 fully saturated rings. The number of aromatic nitrogens is 2. The zero-order valence-corrected chi connectivity index (χ0v) is 18.2. The number of ether oxygens (including phenoxy) is 2. The average molecular weight is 478 g/mol. The SMILES string of the molecule is O=c1[nH]nc(-c2ccc(N3CCC(Nc4ccc5c(c4)OC(F)(F)O5)C3O)cc2)c2ccccc12. The van der Waals surface area contributed by atoms with Crippen molar-refractivity contribution in [2.45, 2.75) is 25.0 Å². The van der Waals surface area contributed by atoms with Gasteiger partial charge in [0.1, 0.15) is 6.23 Å². The normalized spacial score (nSPS) is 20.4. The van der Waals surface area contributed by atoms with Crippen LogP contribution in [0.15, 0.2) is 71.5 Å². The number of nitrogens with zero attached hydrogens (tertiary/aromatic N) is 2. The summed E-state index contributed by atoms with van der Waals surface area (Å²) in [5.74, 6) is -0.0812. The van der Waals surface area contributed by atoms with Gasteiger partial charge in [0.15, 0.2) is 11.5 Å². The maximum Gasteiger partial charge on any atom is 0.586 e. The quantitative estimate of drug-likeness (QED) is 0.409. The lowest BCUT2D eigenvalue weighted by molar-refractivity contribution is -0.286. The van der Waals surface area contributed by atoms with E-state index in [1.807, 2.05) is 47.4 Å². The number of aliphatic hydroxyl groups excluding tert-OH is 1. The Labute approximate surface area is 197 Å². The number of anilines is 2. The zero-order valence-electron chi connectivity index (χ0n) is 18.2. The van der Waals surface area contributed by atoms with Crippen LogP contribution in [-0.2, 0) is 0 Å². The van der Waals surface area contributed by atoms with E-state index in [2.05, 4.69) is 25.0 Å². The minimum absolute atomic E-state index is 0.0287. The van der Waals surface area contributed by atoms with Gasteiger partial charge in [0.05, 0.1) is 17.1 Å². The lowest BCUT2D eigenvalue weighted by Gasteiger charge is -2.26. The Kier molecular flexibility index (Phi) is 4.85. The first-order chi connectivity index (χ1) is 16.9. The van der Waals surface area contributed by atoms with E-state index in [4.69, 9.17) is 0 Å². The summed E-state index contributed by atoms with van der Waals surface area (Å²) in [5.41, 5.74) is 2.63. The number of fused-ring (bicyclic) bond motifs is 2. The van der Waals surface area contributed by atoms with E-state index in [1.54, 1.807) is 12.1 Å². The first kappa shape index (κ1) is 21.4. The van der Waals surface area contributed by atoms with Crippen LogP contribution < -0.4 is 25.2 Å². The van der Waals surface area contributed by atoms with Gasteiger partial charge in [-0.25, -0.2) is 5.10 Å². The summed E-state index contributed by atoms with van der Waals surface area (Å²) in [4.78, 5) is 13.9. The fourth-order valence-electron chi connectivity index (χ4n) is 4.60. The lowest BCUT2D eigenvalue weighted by atomic mass is 10.0. The van der Waals surface area contributed by atoms with E-state index in [-0.39, 0.29) is 23.1 Å². The molecule has 6 rings (SSSR count). The second kappa shape index (κ2) is 7.95. The van der Waals surface area contributed by atoms with E-state index in [9.17, 15) is 18.7 Å². The van der Waals surface area contributed by atoms with Gasteiger partial charge in [0.2, 0.25) is 0 Å². The molecule has 1 aromatic heterocycles. The molecule has 2 aliphatic heterocycles. The Morgan fingerprint density at radius 2 is 1.77 bits per heavy atom. The van der Waals surface area contributed by atoms with Gasteiger partial charge in [0.25, 0.3) is 5.56 Å². The molecule has 2 unspecified atom stereocenters. The van der Waals surface area contributed by atoms with Crippen LogP contribution >= 0.6 is 0 Å². The summed E-state index contributed by atoms with van der Waals surface area (Å²) in [6.45, 7) is 0.598. The van der Waals surface area contributed by atoms with Gasteiger partial charge in [0, 0.05) is 34.9 Å². The zero-order chi connectivity index (χ0) is 24.2. The second-order valence-electron chi connectivity index (χ2n) is 8.47. The van der Waals surface area contributed by atoms with Gasteiger partial charge in [-0.2, -0.15) is 5.10 Å². The van der Waals surface area contributed by atoms with E-state index in [0.717, 1.165) is 16.6 Å². The molecule has 178 valence electrons. The highest BCUT2D eigenvalue weighted by molar-refractivity contribution is 5.93. The van der Waals surface area contributed by atoms with Crippen LogP contribution in [0.5, 0.6) is 11.5 Å². The van der Waals surface area contributed by atoms with Crippen molar-refractivity contribution in [1.29, 1.82) is 0 Å². The van der Waals surface area contributed by atoms with Gasteiger partial charge in [-0.3, -0.25) is 4.79 Å². The molecule has 3 aromatic carbocycles. The molecule has 1 saturated heterocycles. The number of H-pyrrole nitrogens is 1. The van der Waals surface area contributed by atoms with Gasteiger partial charge < -0.3 is 24.8 Å². The molecule has 3 N–H and O–H groups in total. The van der Waals surface area contributed by atoms with E-state index in [0.29, 0.717) is 29.7 Å². The Morgan fingerprint density at radius 3 is 2.57 bits per heavy atom. The van der Waals surface area contributed by atoms with Crippen molar-refractivity contribution in [1.82, 2.24) is 10.2 Å². The number of rotatable bonds is 4. The molecule has 10 heteroatoms. The van der Waals surface area contributed by atoms with Crippen LogP contribution in [0.1, 0.15) is 6.42 Å². The lowest BCUT2D eigenvalue weighted by Crippen LogP contribution is -2.38. The largest absolute Gasteiger partial charge is 0.586 e. The summed E-state index contributed by atoms with van der Waals surface area (Å²) >= 11 is 0. The predicted molar refractivity (Wildman–Crippen MR) is 126 cm³/mol. The maximum atomic E-state index is 13.3. The van der Waals surface area contributed by atoms with Gasteiger partial charge in [-0.1, -0.05) is 30.3 Å². The number of hydrogen-bond acceptors (Lipinski definition) is 7. The third kappa shape index (κ3) is 3.81. The van der Waals surface area contributed by atoms with Crippen LogP contribution in [0.4, 0.5) is 20.2 Å². The fraction of sp³-hybridized carbons (Fsp3) is 0.200. The molecule has 2 atom stereocenters. The number of aliphatic hydroxyl groups is 1. The van der Waals surface area contributed by atoms with Crippen LogP contribution in [0.3, 0.4) is 0 Å². The average Bonchev–Trinajstić information content (AvgIpc) is 3.37. The van der Waals surface area contributed by atoms with Crippen molar-refractivity contribution in [3.8, 4) is 22.8 Å². The molecule has 3 heterocycles. The highest BCUT2D eigenvalue weighted by Gasteiger charge is 2.43. The van der Waals surface area contributed by atoms with Gasteiger partial charge >= 0.3 is 6.29 Å². The van der Waals surface area contributed by atoms with Crippen molar-refractivity contribution in [2.75, 3.05) is 16.8 Å². The van der Waals surface area contributed by atoms with Crippen molar-refractivity contribution in [3.05, 3.63) is 77.1 Å². The second-order valence-corrected chi connectivity index (χ2v) is 8.47. The molecule has 0 aliphatic carbocycles. The molecule has 2 aliphatic rings. The molecular formula is C25H20F2N4O4. The molecule has 0 spiro atoms. The van der Waals surface area contributed by atoms with Crippen LogP contribution in [0.25, 0.3) is 22.0 Å². The van der Waals surface area contributed by atoms with Gasteiger partial charge in [-0.15, -0.1) is 8.78 Å². The predicted octanol–water partition coefficient (Wildman–Crippen LogP) is 3.92. The Balaban J connectivity index is 1.19. The number of hydrogen-bond donors (Lipinski definition) is 3. The molecule has 0 saturated carbocycles. The summed E-state index contributed by atoms with van der Waals surface area (Å²) < 4.78 is 35.5. The molecule has 0 amide bonds. The molecule has 0 bridgehead atoms. The number of aromatic amines is 1. The Morgan fingerprint density at radius 1 is 1.03 bits per heavy atom. The minimum atomic E-state index is -3.67. The summed E-state index contributed by atoms with van der Waals surface area (Å²) in [7, 11) is 0. The first-order valence-corrected chi connectivity index (χ1v) is 11.1. The number of benzene rings is 3. The van der Waals surface area contributed by atoms with Crippen molar-refractivity contribution >= 4 is 22.1 Å². The molecule has 8 nitrogen and oxygen atoms in total. The maximum absolute atomic E-state index is 13.3. The fourth-order valence-corrected chi connectivity index (χ4v) is 4.60. The van der Waals surface area contributed by atoms with Crippen molar-refractivity contribution in [2.24, 2.45) is 0 Å². The summed E-state index contributed by atoms with van der Waals surface area (Å²) in [5, 5.41) is 22.2. The summed E-state index contributed by atoms with van der Waals surface area (Å²) in [6, 6.07) is 19.0. The summed E-state index contributed by atoms with van der Waals surface area (Å²) in [6.07, 6.45) is -3.87. The third-order valence-electron chi connectivity index (χ3n) is 6.28. The van der Waals surface area contributed by atoms with Crippen molar-refractivity contribution < 1.29 is 23.4 Å². The van der Waals surface area contributed by atoms with E-state index < -0.39 is 12.5 Å². The monoisotopic (exact) mass is 478 g/mol. The molecule has 35 heavy (non-hydrogen) atoms. The van der Waals surface area contributed by atoms with Crippen LogP contribution in [0.2, 0.25) is 0 Å². The smallest absolute Gasteiger partial charge is 0.395 e. The highest BCUT2D eigenvalue weighted by atomic mass is 19.3. The minimum Gasteiger partial charge on any atom is -0.395 e. The Hall–Kier alpha value is -4.18. The standard InChI is InChI=1S/C25H20F2N4O4/c26-25(27)34-20-10-7-15(13-21(20)35-25)28-19-11-12-31(24(19)33)16-8-5-14(6-9-16)22-17-3-1-2-4-18(17)23(32)30-29-22/h1-10,13,19,24,28,33H,11-12H2,(H,30,32). The van der Waals surface area contributed by atoms with Crippen LogP contribution in [-0.4, -0.2) is 40.4 Å². The third-order valence-corrected chi connectivity index (χ3v) is 6.28. The molecule has 4 aromatic rings. The Bertz CT molecular complexity index is 1470. The van der Waals surface area contributed by atoms with Crippen LogP contribution in [0, 0.1) is 0 Å². The first-order valence-electron chi connectivity index (χ1n) is 11.1. The molecular weight excluding hydrogens is 458 g/mol. The van der Waals surface area contributed by atoms with E-state index >= 15 is 0 Å². The molecule has 0 radical (unpaired) electrons.